The van der Waals surface area contributed by atoms with Gasteiger partial charge in [-0.2, -0.15) is 0 Å². The monoisotopic (exact) mass is 371 g/mol. The van der Waals surface area contributed by atoms with Gasteiger partial charge in [-0.3, -0.25) is 14.6 Å². The number of hydrogen-bond donors (Lipinski definition) is 0. The van der Waals surface area contributed by atoms with Gasteiger partial charge in [-0.25, -0.2) is 0 Å². The zero-order valence-electron chi connectivity index (χ0n) is 14.2. The fourth-order valence-corrected chi connectivity index (χ4v) is 3.54. The van der Waals surface area contributed by atoms with Crippen molar-refractivity contribution in [3.63, 3.8) is 0 Å². The van der Waals surface area contributed by atoms with Crippen LogP contribution in [0.5, 0.6) is 0 Å². The van der Waals surface area contributed by atoms with Crippen LogP contribution in [0.15, 0.2) is 36.7 Å². The summed E-state index contributed by atoms with van der Waals surface area (Å²) in [5, 5.41) is 0.629. The molecule has 0 unspecified atom stereocenters. The molecule has 6 nitrogen and oxygen atoms in total. The molecule has 1 aromatic carbocycles. The Kier molecular flexibility index (Phi) is 4.61. The zero-order valence-corrected chi connectivity index (χ0v) is 14.9. The molecule has 3 heterocycles. The van der Waals surface area contributed by atoms with Gasteiger partial charge < -0.3 is 14.5 Å². The molecule has 1 aromatic heterocycles. The average molecular weight is 372 g/mol. The predicted molar refractivity (Wildman–Crippen MR) is 97.8 cm³/mol. The van der Waals surface area contributed by atoms with Gasteiger partial charge in [0.25, 0.3) is 11.8 Å². The number of carbonyl (C=O) groups excluding carboxylic acids is 2. The summed E-state index contributed by atoms with van der Waals surface area (Å²) in [6, 6.07) is 7.05. The van der Waals surface area contributed by atoms with E-state index in [4.69, 9.17) is 16.3 Å². The van der Waals surface area contributed by atoms with Crippen LogP contribution in [0, 0.1) is 0 Å². The third-order valence-electron chi connectivity index (χ3n) is 4.73. The van der Waals surface area contributed by atoms with Crippen LogP contribution in [0.1, 0.15) is 26.3 Å². The molecular weight excluding hydrogens is 354 g/mol. The maximum absolute atomic E-state index is 12.9. The van der Waals surface area contributed by atoms with E-state index in [-0.39, 0.29) is 11.8 Å². The molecule has 4 rings (SSSR count). The topological polar surface area (TPSA) is 62.7 Å². The van der Waals surface area contributed by atoms with E-state index in [9.17, 15) is 9.59 Å². The molecule has 0 radical (unpaired) electrons. The number of halogens is 1. The normalized spacial score (nSPS) is 17.2. The van der Waals surface area contributed by atoms with Crippen LogP contribution in [0.25, 0.3) is 0 Å². The maximum Gasteiger partial charge on any atom is 0.258 e. The quantitative estimate of drug-likeness (QED) is 0.813. The lowest BCUT2D eigenvalue weighted by molar-refractivity contribution is 0.0302. The Bertz CT molecular complexity index is 865. The first kappa shape index (κ1) is 17.0. The highest BCUT2D eigenvalue weighted by molar-refractivity contribution is 6.30. The number of hydrogen-bond acceptors (Lipinski definition) is 4. The van der Waals surface area contributed by atoms with Crippen LogP contribution < -0.4 is 4.90 Å². The number of anilines is 1. The van der Waals surface area contributed by atoms with Crippen molar-refractivity contribution >= 4 is 29.1 Å². The molecule has 2 aliphatic heterocycles. The first-order valence-corrected chi connectivity index (χ1v) is 8.93. The highest BCUT2D eigenvalue weighted by Crippen LogP contribution is 2.27. The zero-order chi connectivity index (χ0) is 18.1. The Balaban J connectivity index is 1.59. The molecule has 1 fully saturated rings. The lowest BCUT2D eigenvalue weighted by Crippen LogP contribution is -2.41. The van der Waals surface area contributed by atoms with Crippen molar-refractivity contribution in [1.82, 2.24) is 9.88 Å². The third kappa shape index (κ3) is 3.18. The number of ether oxygens (including phenoxy) is 1. The van der Waals surface area contributed by atoms with Gasteiger partial charge in [0.1, 0.15) is 0 Å². The van der Waals surface area contributed by atoms with Gasteiger partial charge in [-0.15, -0.1) is 0 Å². The minimum atomic E-state index is -0.0966. The second-order valence-corrected chi connectivity index (χ2v) is 6.78. The first-order chi connectivity index (χ1) is 12.6. The summed E-state index contributed by atoms with van der Waals surface area (Å²) in [4.78, 5) is 33.1. The Morgan fingerprint density at radius 1 is 1.12 bits per heavy atom. The summed E-state index contributed by atoms with van der Waals surface area (Å²) in [6.07, 6.45) is 3.88. The second kappa shape index (κ2) is 7.05. The molecule has 0 N–H and O–H groups in total. The number of carbonyl (C=O) groups is 2. The number of aromatic nitrogens is 1. The molecule has 7 heteroatoms. The molecule has 0 spiro atoms. The summed E-state index contributed by atoms with van der Waals surface area (Å²) in [5.74, 6) is -0.181. The van der Waals surface area contributed by atoms with Crippen molar-refractivity contribution in [3.8, 4) is 0 Å². The second-order valence-electron chi connectivity index (χ2n) is 6.34. The molecule has 0 saturated carbocycles. The highest BCUT2D eigenvalue weighted by atomic mass is 35.5. The standard InChI is InChI=1S/C19H18ClN3O3/c20-15-1-2-17-13(9-15)3-4-23(19(17)25)16-10-14(11-21-12-16)18(24)22-5-7-26-8-6-22/h1-2,9-12H,3-8H2. The number of pyridine rings is 1. The summed E-state index contributed by atoms with van der Waals surface area (Å²) >= 11 is 6.02. The highest BCUT2D eigenvalue weighted by Gasteiger charge is 2.27. The maximum atomic E-state index is 12.9. The molecule has 2 amide bonds. The molecule has 0 bridgehead atoms. The van der Waals surface area contributed by atoms with Gasteiger partial charge in [0.15, 0.2) is 0 Å². The van der Waals surface area contributed by atoms with Crippen molar-refractivity contribution in [1.29, 1.82) is 0 Å². The van der Waals surface area contributed by atoms with E-state index in [1.165, 1.54) is 0 Å². The summed E-state index contributed by atoms with van der Waals surface area (Å²) in [7, 11) is 0. The van der Waals surface area contributed by atoms with Crippen LogP contribution in [0.3, 0.4) is 0 Å². The summed E-state index contributed by atoms with van der Waals surface area (Å²) < 4.78 is 5.29. The fraction of sp³-hybridized carbons (Fsp3) is 0.316. The van der Waals surface area contributed by atoms with E-state index in [1.807, 2.05) is 6.07 Å². The van der Waals surface area contributed by atoms with Crippen LogP contribution in [0.4, 0.5) is 5.69 Å². The van der Waals surface area contributed by atoms with Gasteiger partial charge in [-0.05, 0) is 36.2 Å². The molecule has 0 aliphatic carbocycles. The minimum absolute atomic E-state index is 0.0840. The van der Waals surface area contributed by atoms with Crippen molar-refractivity contribution < 1.29 is 14.3 Å². The van der Waals surface area contributed by atoms with Gasteiger partial charge in [0.05, 0.1) is 30.7 Å². The molecule has 0 atom stereocenters. The van der Waals surface area contributed by atoms with E-state index in [0.717, 1.165) is 5.56 Å². The number of fused-ring (bicyclic) bond motifs is 1. The van der Waals surface area contributed by atoms with E-state index in [1.54, 1.807) is 40.4 Å². The van der Waals surface area contributed by atoms with Gasteiger partial charge in [-0.1, -0.05) is 11.6 Å². The predicted octanol–water partition coefficient (Wildman–Crippen LogP) is 2.41. The summed E-state index contributed by atoms with van der Waals surface area (Å²) in [6.45, 7) is 2.76. The van der Waals surface area contributed by atoms with Crippen molar-refractivity contribution in [3.05, 3.63) is 58.4 Å². The Hall–Kier alpha value is -2.44. The van der Waals surface area contributed by atoms with Crippen LogP contribution in [0.2, 0.25) is 5.02 Å². The third-order valence-corrected chi connectivity index (χ3v) is 4.96. The van der Waals surface area contributed by atoms with Gasteiger partial charge >= 0.3 is 0 Å². The number of rotatable bonds is 2. The number of benzene rings is 1. The Labute approximate surface area is 156 Å². The van der Waals surface area contributed by atoms with Crippen molar-refractivity contribution in [2.75, 3.05) is 37.7 Å². The number of amides is 2. The molecule has 134 valence electrons. The Morgan fingerprint density at radius 2 is 1.92 bits per heavy atom. The lowest BCUT2D eigenvalue weighted by Gasteiger charge is -2.29. The minimum Gasteiger partial charge on any atom is -0.378 e. The first-order valence-electron chi connectivity index (χ1n) is 8.56. The van der Waals surface area contributed by atoms with Crippen LogP contribution in [-0.2, 0) is 11.2 Å². The van der Waals surface area contributed by atoms with Crippen LogP contribution in [-0.4, -0.2) is 54.5 Å². The smallest absolute Gasteiger partial charge is 0.258 e. The number of morpholine rings is 1. The van der Waals surface area contributed by atoms with E-state index >= 15 is 0 Å². The van der Waals surface area contributed by atoms with Crippen molar-refractivity contribution in [2.24, 2.45) is 0 Å². The number of nitrogens with zero attached hydrogens (tertiary/aromatic N) is 3. The van der Waals surface area contributed by atoms with E-state index in [0.29, 0.717) is 61.1 Å². The molecule has 1 saturated heterocycles. The van der Waals surface area contributed by atoms with Gasteiger partial charge in [0.2, 0.25) is 0 Å². The van der Waals surface area contributed by atoms with Gasteiger partial charge in [0, 0.05) is 36.4 Å². The largest absolute Gasteiger partial charge is 0.378 e. The van der Waals surface area contributed by atoms with E-state index in [2.05, 4.69) is 4.98 Å². The fourth-order valence-electron chi connectivity index (χ4n) is 3.34. The molecule has 26 heavy (non-hydrogen) atoms. The lowest BCUT2D eigenvalue weighted by atomic mass is 9.98. The SMILES string of the molecule is O=C(c1cncc(N2CCc3cc(Cl)ccc3C2=O)c1)N1CCOCC1. The Morgan fingerprint density at radius 3 is 2.73 bits per heavy atom. The summed E-state index contributed by atoms with van der Waals surface area (Å²) in [5.41, 5.74) is 2.71. The molecule has 2 aliphatic rings. The average Bonchev–Trinajstić information content (AvgIpc) is 2.68. The van der Waals surface area contributed by atoms with Crippen LogP contribution >= 0.6 is 11.6 Å². The molecular formula is C19H18ClN3O3. The van der Waals surface area contributed by atoms with Crippen molar-refractivity contribution in [2.45, 2.75) is 6.42 Å². The van der Waals surface area contributed by atoms with E-state index < -0.39 is 0 Å². The molecule has 2 aromatic rings.